The summed E-state index contributed by atoms with van der Waals surface area (Å²) in [6.07, 6.45) is -4.04. The maximum absolute atomic E-state index is 14.3. The normalized spacial score (nSPS) is 14.4. The molecule has 1 heterocycles. The lowest BCUT2D eigenvalue weighted by molar-refractivity contribution is -0.167. The number of aromatic nitrogens is 1. The third-order valence-electron chi connectivity index (χ3n) is 3.96. The molecule has 1 amide bonds. The Morgan fingerprint density at radius 3 is 2.19 bits per heavy atom. The molecule has 12 heteroatoms. The molecule has 144 valence electrons. The minimum absolute atomic E-state index is 0.389. The van der Waals surface area contributed by atoms with Gasteiger partial charge >= 0.3 is 18.1 Å². The number of aromatic carboxylic acids is 1. The third kappa shape index (κ3) is 3.00. The van der Waals surface area contributed by atoms with Crippen molar-refractivity contribution in [3.05, 3.63) is 39.4 Å². The van der Waals surface area contributed by atoms with Gasteiger partial charge in [-0.3, -0.25) is 9.59 Å². The van der Waals surface area contributed by atoms with Crippen molar-refractivity contribution in [3.63, 3.8) is 0 Å². The Morgan fingerprint density at radius 2 is 1.70 bits per heavy atom. The maximum atomic E-state index is 14.3. The number of halogens is 6. The van der Waals surface area contributed by atoms with E-state index in [9.17, 15) is 40.7 Å². The number of carbonyl (C=O) groups excluding carboxylic acids is 1. The zero-order valence-corrected chi connectivity index (χ0v) is 13.0. The fraction of sp³-hybridized carbons (Fsp3) is 0.267. The van der Waals surface area contributed by atoms with E-state index in [4.69, 9.17) is 5.11 Å². The highest BCUT2D eigenvalue weighted by atomic mass is 19.4. The van der Waals surface area contributed by atoms with Crippen molar-refractivity contribution in [1.29, 1.82) is 0 Å². The SMILES string of the molecule is O=C(O)c1cn(C2CC2)c2c(F)c(F)c(F)c(NC(=O)C(F)(F)F)c2c1=O. The molecule has 1 aliphatic carbocycles. The van der Waals surface area contributed by atoms with Crippen molar-refractivity contribution in [3.8, 4) is 0 Å². The monoisotopic (exact) mass is 394 g/mol. The van der Waals surface area contributed by atoms with Gasteiger partial charge in [-0.25, -0.2) is 18.0 Å². The van der Waals surface area contributed by atoms with Gasteiger partial charge in [0.15, 0.2) is 17.5 Å². The minimum Gasteiger partial charge on any atom is -0.477 e. The molecule has 3 rings (SSSR count). The van der Waals surface area contributed by atoms with E-state index in [1.165, 1.54) is 0 Å². The van der Waals surface area contributed by atoms with Crippen LogP contribution in [-0.4, -0.2) is 27.7 Å². The summed E-state index contributed by atoms with van der Waals surface area (Å²) in [4.78, 5) is 34.7. The first-order valence-corrected chi connectivity index (χ1v) is 7.32. The van der Waals surface area contributed by atoms with Gasteiger partial charge in [0.05, 0.1) is 16.6 Å². The minimum atomic E-state index is -5.52. The van der Waals surface area contributed by atoms with Crippen LogP contribution in [0, 0.1) is 17.5 Å². The molecule has 1 saturated carbocycles. The predicted molar refractivity (Wildman–Crippen MR) is 78.0 cm³/mol. The Labute approximate surface area is 145 Å². The Hall–Kier alpha value is -3.05. The Morgan fingerprint density at radius 1 is 1.11 bits per heavy atom. The molecule has 0 saturated heterocycles. The zero-order valence-electron chi connectivity index (χ0n) is 13.0. The Balaban J connectivity index is 2.46. The summed E-state index contributed by atoms with van der Waals surface area (Å²) in [5, 5.41) is 8.91. The molecular weight excluding hydrogens is 386 g/mol. The standard InChI is InChI=1S/C15H8F6N2O4/c16-7-8(17)10(22-14(27)15(19,20)21)6-11(9(7)18)23(4-1-2-4)3-5(12(6)24)13(25)26/h3-4H,1-2H2,(H,22,27)(H,25,26). The van der Waals surface area contributed by atoms with E-state index in [0.717, 1.165) is 9.88 Å². The first-order chi connectivity index (χ1) is 12.4. The fourth-order valence-corrected chi connectivity index (χ4v) is 2.60. The number of nitrogens with zero attached hydrogens (tertiary/aromatic N) is 1. The maximum Gasteiger partial charge on any atom is 0.471 e. The van der Waals surface area contributed by atoms with E-state index in [1.54, 1.807) is 0 Å². The Kier molecular flexibility index (Phi) is 4.16. The van der Waals surface area contributed by atoms with Gasteiger partial charge in [0.2, 0.25) is 5.43 Å². The third-order valence-corrected chi connectivity index (χ3v) is 3.96. The fourth-order valence-electron chi connectivity index (χ4n) is 2.60. The highest BCUT2D eigenvalue weighted by Gasteiger charge is 2.41. The van der Waals surface area contributed by atoms with Gasteiger partial charge < -0.3 is 15.0 Å². The number of carboxylic acid groups (broad SMARTS) is 1. The van der Waals surface area contributed by atoms with Crippen LogP contribution >= 0.6 is 0 Å². The quantitative estimate of drug-likeness (QED) is 0.619. The highest BCUT2D eigenvalue weighted by molar-refractivity contribution is 6.05. The zero-order chi connectivity index (χ0) is 20.3. The van der Waals surface area contributed by atoms with Crippen molar-refractivity contribution >= 4 is 28.5 Å². The van der Waals surface area contributed by atoms with Crippen LogP contribution in [0.2, 0.25) is 0 Å². The second kappa shape index (κ2) is 5.99. The van der Waals surface area contributed by atoms with Crippen molar-refractivity contribution < 1.29 is 41.0 Å². The molecule has 6 nitrogen and oxygen atoms in total. The van der Waals surface area contributed by atoms with Crippen LogP contribution in [0.15, 0.2) is 11.0 Å². The van der Waals surface area contributed by atoms with E-state index in [0.29, 0.717) is 19.0 Å². The molecule has 2 aromatic rings. The number of carboxylic acids is 1. The summed E-state index contributed by atoms with van der Waals surface area (Å²) in [7, 11) is 0. The van der Waals surface area contributed by atoms with Crippen LogP contribution in [0.3, 0.4) is 0 Å². The summed E-state index contributed by atoms with van der Waals surface area (Å²) in [5.74, 6) is -10.9. The molecule has 1 fully saturated rings. The van der Waals surface area contributed by atoms with Crippen LogP contribution in [0.4, 0.5) is 32.0 Å². The van der Waals surface area contributed by atoms with E-state index >= 15 is 0 Å². The molecule has 27 heavy (non-hydrogen) atoms. The molecule has 0 radical (unpaired) electrons. The van der Waals surface area contributed by atoms with E-state index in [2.05, 4.69) is 0 Å². The number of nitrogens with one attached hydrogen (secondary N) is 1. The Bertz CT molecular complexity index is 1060. The lowest BCUT2D eigenvalue weighted by Crippen LogP contribution is -2.31. The number of hydrogen-bond donors (Lipinski definition) is 2. The molecule has 0 atom stereocenters. The number of anilines is 1. The number of carbonyl (C=O) groups is 2. The number of amides is 1. The average molecular weight is 394 g/mol. The first-order valence-electron chi connectivity index (χ1n) is 7.32. The van der Waals surface area contributed by atoms with Gasteiger partial charge in [0, 0.05) is 12.2 Å². The van der Waals surface area contributed by atoms with Crippen LogP contribution in [0.25, 0.3) is 10.9 Å². The number of benzene rings is 1. The van der Waals surface area contributed by atoms with Gasteiger partial charge in [0.25, 0.3) is 0 Å². The van der Waals surface area contributed by atoms with Crippen LogP contribution in [0.1, 0.15) is 29.2 Å². The summed E-state index contributed by atoms with van der Waals surface area (Å²) in [5.41, 5.74) is -5.07. The van der Waals surface area contributed by atoms with Gasteiger partial charge in [-0.2, -0.15) is 13.2 Å². The molecule has 1 aliphatic rings. The van der Waals surface area contributed by atoms with Crippen molar-refractivity contribution in [2.45, 2.75) is 25.1 Å². The summed E-state index contributed by atoms with van der Waals surface area (Å²) < 4.78 is 80.7. The van der Waals surface area contributed by atoms with E-state index < -0.39 is 69.1 Å². The highest BCUT2D eigenvalue weighted by Crippen LogP contribution is 2.40. The second-order valence-electron chi connectivity index (χ2n) is 5.81. The topological polar surface area (TPSA) is 88.4 Å². The molecule has 0 bridgehead atoms. The molecule has 2 N–H and O–H groups in total. The molecule has 1 aromatic carbocycles. The number of pyridine rings is 1. The largest absolute Gasteiger partial charge is 0.477 e. The van der Waals surface area contributed by atoms with Crippen LogP contribution in [0.5, 0.6) is 0 Å². The second-order valence-corrected chi connectivity index (χ2v) is 5.81. The number of alkyl halides is 3. The number of rotatable bonds is 3. The number of fused-ring (bicyclic) bond motifs is 1. The molecule has 0 aliphatic heterocycles. The summed E-state index contributed by atoms with van der Waals surface area (Å²) in [6.45, 7) is 0. The lowest BCUT2D eigenvalue weighted by atomic mass is 10.1. The van der Waals surface area contributed by atoms with E-state index in [1.807, 2.05) is 0 Å². The molecule has 0 spiro atoms. The van der Waals surface area contributed by atoms with Gasteiger partial charge in [-0.15, -0.1) is 0 Å². The molecule has 0 unspecified atom stereocenters. The first kappa shape index (κ1) is 18.7. The van der Waals surface area contributed by atoms with Gasteiger partial charge in [-0.05, 0) is 12.8 Å². The van der Waals surface area contributed by atoms with Gasteiger partial charge in [-0.1, -0.05) is 0 Å². The number of hydrogen-bond acceptors (Lipinski definition) is 3. The van der Waals surface area contributed by atoms with Crippen molar-refractivity contribution in [2.75, 3.05) is 5.32 Å². The van der Waals surface area contributed by atoms with Crippen LogP contribution < -0.4 is 10.7 Å². The average Bonchev–Trinajstić information content (AvgIpc) is 3.40. The summed E-state index contributed by atoms with van der Waals surface area (Å²) in [6, 6.07) is -0.559. The van der Waals surface area contributed by atoms with E-state index in [-0.39, 0.29) is 0 Å². The van der Waals surface area contributed by atoms with Gasteiger partial charge in [0.1, 0.15) is 5.56 Å². The van der Waals surface area contributed by atoms with Crippen molar-refractivity contribution in [2.24, 2.45) is 0 Å². The van der Waals surface area contributed by atoms with Crippen LogP contribution in [-0.2, 0) is 4.79 Å². The predicted octanol–water partition coefficient (Wildman–Crippen LogP) is 2.95. The lowest BCUT2D eigenvalue weighted by Gasteiger charge is -2.17. The summed E-state index contributed by atoms with van der Waals surface area (Å²) >= 11 is 0. The molecule has 1 aromatic heterocycles. The smallest absolute Gasteiger partial charge is 0.471 e. The molecular formula is C15H8F6N2O4. The van der Waals surface area contributed by atoms with Crippen molar-refractivity contribution in [1.82, 2.24) is 4.57 Å².